The Kier molecular flexibility index (Phi) is 6.90. The van der Waals surface area contributed by atoms with Gasteiger partial charge < -0.3 is 15.1 Å². The Morgan fingerprint density at radius 1 is 1.06 bits per heavy atom. The van der Waals surface area contributed by atoms with Gasteiger partial charge in [-0.1, -0.05) is 19.8 Å². The maximum absolute atomic E-state index is 13.1. The van der Waals surface area contributed by atoms with Gasteiger partial charge in [0.15, 0.2) is 5.25 Å². The average Bonchev–Trinajstić information content (AvgIpc) is 3.07. The van der Waals surface area contributed by atoms with E-state index in [1.807, 2.05) is 0 Å². The molecule has 1 aromatic carbocycles. The van der Waals surface area contributed by atoms with Crippen molar-refractivity contribution >= 4 is 39.3 Å². The molecule has 1 atom stereocenters. The van der Waals surface area contributed by atoms with Gasteiger partial charge in [-0.25, -0.2) is 8.42 Å². The molecule has 3 heterocycles. The van der Waals surface area contributed by atoms with E-state index < -0.39 is 15.3 Å². The summed E-state index contributed by atoms with van der Waals surface area (Å²) >= 11 is 1.21. The Hall–Kier alpha value is -1.62. The number of carbonyl (C=O) groups is 2. The van der Waals surface area contributed by atoms with Crippen LogP contribution in [0.4, 0.5) is 5.69 Å². The second-order valence-corrected chi connectivity index (χ2v) is 11.3. The molecule has 0 bridgehead atoms. The number of fused-ring (bicyclic) bond motifs is 1. The van der Waals surface area contributed by atoms with Crippen LogP contribution in [0.2, 0.25) is 0 Å². The zero-order valence-electron chi connectivity index (χ0n) is 17.9. The summed E-state index contributed by atoms with van der Waals surface area (Å²) in [6.45, 7) is 6.71. The van der Waals surface area contributed by atoms with E-state index in [1.165, 1.54) is 22.1 Å². The number of likely N-dealkylation sites (N-methyl/N-ethyl adjacent to an activating group) is 1. The summed E-state index contributed by atoms with van der Waals surface area (Å²) in [7, 11) is -3.62. The number of hydrogen-bond acceptors (Lipinski definition) is 6. The zero-order valence-corrected chi connectivity index (χ0v) is 19.5. The Balaban J connectivity index is 1.49. The summed E-state index contributed by atoms with van der Waals surface area (Å²) in [5.41, 5.74) is 0.461. The fourth-order valence-electron chi connectivity index (χ4n) is 4.30. The van der Waals surface area contributed by atoms with Crippen molar-refractivity contribution in [3.8, 4) is 0 Å². The van der Waals surface area contributed by atoms with E-state index in [4.69, 9.17) is 0 Å². The highest BCUT2D eigenvalue weighted by atomic mass is 32.2. The van der Waals surface area contributed by atoms with Crippen LogP contribution in [0, 0.1) is 0 Å². The lowest BCUT2D eigenvalue weighted by Gasteiger charge is -2.33. The van der Waals surface area contributed by atoms with Crippen molar-refractivity contribution < 1.29 is 18.0 Å². The van der Waals surface area contributed by atoms with Gasteiger partial charge in [0.05, 0.1) is 10.6 Å². The van der Waals surface area contributed by atoms with Crippen molar-refractivity contribution in [3.63, 3.8) is 0 Å². The normalized spacial score (nSPS) is 23.7. The first-order valence-corrected chi connectivity index (χ1v) is 13.3. The number of hydrogen-bond donors (Lipinski definition) is 1. The number of rotatable bonds is 4. The molecule has 8 nitrogen and oxygen atoms in total. The molecule has 3 aliphatic heterocycles. The molecule has 10 heteroatoms. The van der Waals surface area contributed by atoms with Crippen LogP contribution in [-0.2, 0) is 19.6 Å². The van der Waals surface area contributed by atoms with Crippen molar-refractivity contribution in [2.24, 2.45) is 0 Å². The molecule has 3 aliphatic rings. The van der Waals surface area contributed by atoms with Gasteiger partial charge in [-0.2, -0.15) is 4.31 Å². The van der Waals surface area contributed by atoms with E-state index in [2.05, 4.69) is 17.1 Å². The minimum Gasteiger partial charge on any atom is -0.341 e. The second kappa shape index (κ2) is 9.48. The molecule has 1 N–H and O–H groups in total. The summed E-state index contributed by atoms with van der Waals surface area (Å²) in [6, 6.07) is 4.81. The topological polar surface area (TPSA) is 90.0 Å². The number of nitrogens with one attached hydrogen (secondary N) is 1. The summed E-state index contributed by atoms with van der Waals surface area (Å²) in [5.74, 6) is -0.529. The molecule has 0 aromatic heterocycles. The van der Waals surface area contributed by atoms with Crippen LogP contribution in [0.5, 0.6) is 0 Å². The molecule has 0 radical (unpaired) electrons. The van der Waals surface area contributed by atoms with Gasteiger partial charge in [-0.05, 0) is 37.6 Å². The Morgan fingerprint density at radius 2 is 1.74 bits per heavy atom. The zero-order chi connectivity index (χ0) is 22.0. The summed E-state index contributed by atoms with van der Waals surface area (Å²) in [6.07, 6.45) is 4.16. The first-order chi connectivity index (χ1) is 14.9. The van der Waals surface area contributed by atoms with E-state index >= 15 is 0 Å². The van der Waals surface area contributed by atoms with Crippen molar-refractivity contribution in [2.75, 3.05) is 51.1 Å². The molecule has 31 heavy (non-hydrogen) atoms. The molecule has 4 rings (SSSR count). The maximum atomic E-state index is 13.1. The van der Waals surface area contributed by atoms with E-state index in [9.17, 15) is 18.0 Å². The third-order valence-corrected chi connectivity index (χ3v) is 9.41. The van der Waals surface area contributed by atoms with Crippen molar-refractivity contribution in [1.82, 2.24) is 14.1 Å². The molecule has 0 saturated carbocycles. The molecule has 2 fully saturated rings. The number of thioether (sulfide) groups is 1. The van der Waals surface area contributed by atoms with Crippen LogP contribution >= 0.6 is 11.8 Å². The Bertz CT molecular complexity index is 937. The predicted octanol–water partition coefficient (Wildman–Crippen LogP) is 1.83. The molecule has 2 amide bonds. The number of anilines is 1. The molecular formula is C21H30N4O4S2. The molecule has 0 spiro atoms. The van der Waals surface area contributed by atoms with Crippen molar-refractivity contribution in [2.45, 2.75) is 47.6 Å². The first kappa shape index (κ1) is 22.6. The summed E-state index contributed by atoms with van der Waals surface area (Å²) < 4.78 is 27.7. The number of carbonyl (C=O) groups excluding carboxylic acids is 2. The lowest BCUT2D eigenvalue weighted by molar-refractivity contribution is -0.133. The highest BCUT2D eigenvalue weighted by molar-refractivity contribution is 8.01. The quantitative estimate of drug-likeness (QED) is 0.681. The standard InChI is InChI=1S/C21H30N4O4S2/c1-2-23-11-13-25(14-12-23)31(28,29)16-7-8-18-17(15-16)22-20(26)19(30-18)21(27)24-9-5-3-4-6-10-24/h7-8,15,19H,2-6,9-14H2,1H3,(H,22,26). The van der Waals surface area contributed by atoms with Crippen LogP contribution < -0.4 is 5.32 Å². The number of piperazine rings is 1. The second-order valence-electron chi connectivity index (χ2n) is 8.22. The van der Waals surface area contributed by atoms with Gasteiger partial charge in [0.1, 0.15) is 0 Å². The Labute approximate surface area is 188 Å². The van der Waals surface area contributed by atoms with Gasteiger partial charge in [-0.3, -0.25) is 9.59 Å². The third kappa shape index (κ3) is 4.76. The van der Waals surface area contributed by atoms with E-state index in [-0.39, 0.29) is 16.7 Å². The van der Waals surface area contributed by atoms with Crippen LogP contribution in [0.1, 0.15) is 32.6 Å². The van der Waals surface area contributed by atoms with E-state index in [0.29, 0.717) is 45.0 Å². The van der Waals surface area contributed by atoms with Crippen molar-refractivity contribution in [3.05, 3.63) is 18.2 Å². The molecule has 1 unspecified atom stereocenters. The first-order valence-electron chi connectivity index (χ1n) is 11.0. The number of amides is 2. The Morgan fingerprint density at radius 3 is 2.39 bits per heavy atom. The third-order valence-electron chi connectivity index (χ3n) is 6.25. The minimum absolute atomic E-state index is 0.152. The van der Waals surface area contributed by atoms with Crippen LogP contribution in [0.15, 0.2) is 28.0 Å². The molecule has 0 aliphatic carbocycles. The van der Waals surface area contributed by atoms with Gasteiger partial charge >= 0.3 is 0 Å². The monoisotopic (exact) mass is 466 g/mol. The van der Waals surface area contributed by atoms with Crippen LogP contribution in [0.3, 0.4) is 0 Å². The van der Waals surface area contributed by atoms with Gasteiger partial charge in [-0.15, -0.1) is 11.8 Å². The number of nitrogens with zero attached hydrogens (tertiary/aromatic N) is 3. The molecule has 1 aromatic rings. The largest absolute Gasteiger partial charge is 0.341 e. The van der Waals surface area contributed by atoms with Crippen molar-refractivity contribution in [1.29, 1.82) is 0 Å². The minimum atomic E-state index is -3.62. The smallest absolute Gasteiger partial charge is 0.247 e. The van der Waals surface area contributed by atoms with Gasteiger partial charge in [0.2, 0.25) is 21.8 Å². The van der Waals surface area contributed by atoms with Crippen LogP contribution in [-0.4, -0.2) is 85.4 Å². The highest BCUT2D eigenvalue weighted by Crippen LogP contribution is 2.38. The highest BCUT2D eigenvalue weighted by Gasteiger charge is 2.37. The lowest BCUT2D eigenvalue weighted by atomic mass is 10.2. The fraction of sp³-hybridized carbons (Fsp3) is 0.619. The summed E-state index contributed by atoms with van der Waals surface area (Å²) in [4.78, 5) is 30.6. The van der Waals surface area contributed by atoms with Gasteiger partial charge in [0.25, 0.3) is 0 Å². The number of sulfonamides is 1. The maximum Gasteiger partial charge on any atom is 0.247 e. The van der Waals surface area contributed by atoms with Crippen LogP contribution in [0.25, 0.3) is 0 Å². The SMILES string of the molecule is CCN1CCN(S(=O)(=O)c2ccc3c(c2)NC(=O)C(C(=O)N2CCCCCC2)S3)CC1. The predicted molar refractivity (Wildman–Crippen MR) is 121 cm³/mol. The van der Waals surface area contributed by atoms with Gasteiger partial charge in [0, 0.05) is 44.2 Å². The fourth-order valence-corrected chi connectivity index (χ4v) is 6.81. The number of likely N-dealkylation sites (tertiary alicyclic amines) is 1. The summed E-state index contributed by atoms with van der Waals surface area (Å²) in [5, 5.41) is 1.95. The van der Waals surface area contributed by atoms with E-state index in [1.54, 1.807) is 17.0 Å². The average molecular weight is 467 g/mol. The number of benzene rings is 1. The molecule has 170 valence electrons. The molecule has 2 saturated heterocycles. The lowest BCUT2D eigenvalue weighted by Crippen LogP contribution is -2.48. The van der Waals surface area contributed by atoms with E-state index in [0.717, 1.165) is 37.1 Å². The molecular weight excluding hydrogens is 436 g/mol.